The van der Waals surface area contributed by atoms with Crippen LogP contribution in [0, 0.1) is 0 Å². The molecule has 0 amide bonds. The minimum Gasteiger partial charge on any atom is -0.391 e. The van der Waals surface area contributed by atoms with Crippen molar-refractivity contribution in [2.24, 2.45) is 5.16 Å². The summed E-state index contributed by atoms with van der Waals surface area (Å²) < 4.78 is 4.71. The van der Waals surface area contributed by atoms with Crippen molar-refractivity contribution in [3.8, 4) is 0 Å². The van der Waals surface area contributed by atoms with Gasteiger partial charge in [-0.15, -0.1) is 0 Å². The van der Waals surface area contributed by atoms with E-state index in [-0.39, 0.29) is 6.10 Å². The molecule has 0 radical (unpaired) electrons. The van der Waals surface area contributed by atoms with Crippen LogP contribution in [0.3, 0.4) is 0 Å². The van der Waals surface area contributed by atoms with Crippen molar-refractivity contribution in [2.75, 3.05) is 13.6 Å². The van der Waals surface area contributed by atoms with Gasteiger partial charge in [0.1, 0.15) is 17.1 Å². The Kier molecular flexibility index (Phi) is 3.64. The first kappa shape index (κ1) is 13.1. The van der Waals surface area contributed by atoms with Crippen molar-refractivity contribution in [1.82, 2.24) is 15.2 Å². The molecule has 1 aliphatic rings. The molecule has 1 aromatic heterocycles. The zero-order valence-electron chi connectivity index (χ0n) is 11.7. The summed E-state index contributed by atoms with van der Waals surface area (Å²) in [5.74, 6) is 0. The highest BCUT2D eigenvalue weighted by atomic mass is 16.6. The van der Waals surface area contributed by atoms with E-state index < -0.39 is 0 Å². The number of nitrogens with zero attached hydrogens (tertiary/aromatic N) is 4. The highest BCUT2D eigenvalue weighted by Gasteiger charge is 2.21. The van der Waals surface area contributed by atoms with Crippen LogP contribution in [0.5, 0.6) is 0 Å². The zero-order valence-corrected chi connectivity index (χ0v) is 11.7. The van der Waals surface area contributed by atoms with Crippen LogP contribution in [0.4, 0.5) is 0 Å². The number of aromatic nitrogens is 2. The standard InChI is InChI=1S/C14H18N4O2/c1-3-11-7-12(19-15-11)9-18(2)8-10-4-5-13-14(6-10)17-20-16-13/h4-6,12H,3,7-9H2,1-2H3/t12-/m0/s1. The SMILES string of the molecule is CCC1=NO[C@H](CN(C)Cc2ccc3nonc3c2)C1. The maximum Gasteiger partial charge on any atom is 0.145 e. The molecule has 0 bridgehead atoms. The van der Waals surface area contributed by atoms with Crippen LogP contribution in [-0.4, -0.2) is 40.6 Å². The minimum atomic E-state index is 0.174. The molecule has 2 heterocycles. The number of fused-ring (bicyclic) bond motifs is 1. The zero-order chi connectivity index (χ0) is 13.9. The van der Waals surface area contributed by atoms with Gasteiger partial charge in [0.15, 0.2) is 0 Å². The summed E-state index contributed by atoms with van der Waals surface area (Å²) in [6.45, 7) is 3.81. The second-order valence-electron chi connectivity index (χ2n) is 5.23. The van der Waals surface area contributed by atoms with Gasteiger partial charge in [0, 0.05) is 19.5 Å². The summed E-state index contributed by atoms with van der Waals surface area (Å²) in [6, 6.07) is 5.98. The summed E-state index contributed by atoms with van der Waals surface area (Å²) in [6.07, 6.45) is 2.08. The highest BCUT2D eigenvalue weighted by Crippen LogP contribution is 2.16. The third-order valence-corrected chi connectivity index (χ3v) is 3.49. The Morgan fingerprint density at radius 3 is 2.95 bits per heavy atom. The largest absolute Gasteiger partial charge is 0.391 e. The molecule has 0 aliphatic carbocycles. The fraction of sp³-hybridized carbons (Fsp3) is 0.500. The maximum atomic E-state index is 5.43. The van der Waals surface area contributed by atoms with Gasteiger partial charge in [0.05, 0.1) is 5.71 Å². The molecular formula is C14H18N4O2. The van der Waals surface area contributed by atoms with E-state index in [1.807, 2.05) is 18.2 Å². The Balaban J connectivity index is 1.57. The van der Waals surface area contributed by atoms with Crippen molar-refractivity contribution < 1.29 is 9.47 Å². The summed E-state index contributed by atoms with van der Waals surface area (Å²) in [4.78, 5) is 7.66. The van der Waals surface area contributed by atoms with Gasteiger partial charge in [-0.25, -0.2) is 4.63 Å². The molecule has 0 spiro atoms. The monoisotopic (exact) mass is 274 g/mol. The number of hydrogen-bond acceptors (Lipinski definition) is 6. The van der Waals surface area contributed by atoms with Gasteiger partial charge in [0.2, 0.25) is 0 Å². The summed E-state index contributed by atoms with van der Waals surface area (Å²) in [7, 11) is 2.08. The lowest BCUT2D eigenvalue weighted by atomic mass is 10.1. The average Bonchev–Trinajstić information content (AvgIpc) is 3.06. The van der Waals surface area contributed by atoms with Gasteiger partial charge >= 0.3 is 0 Å². The molecule has 0 N–H and O–H groups in total. The Hall–Kier alpha value is -1.95. The Bertz CT molecular complexity index is 622. The van der Waals surface area contributed by atoms with Crippen molar-refractivity contribution in [3.63, 3.8) is 0 Å². The molecule has 1 aromatic carbocycles. The van der Waals surface area contributed by atoms with Crippen LogP contribution in [0.2, 0.25) is 0 Å². The van der Waals surface area contributed by atoms with E-state index in [2.05, 4.69) is 34.3 Å². The number of rotatable bonds is 5. The van der Waals surface area contributed by atoms with Crippen LogP contribution in [0.25, 0.3) is 11.0 Å². The molecule has 2 aromatic rings. The van der Waals surface area contributed by atoms with E-state index in [4.69, 9.17) is 9.47 Å². The molecular weight excluding hydrogens is 256 g/mol. The first-order valence-corrected chi connectivity index (χ1v) is 6.86. The molecule has 0 fully saturated rings. The first-order chi connectivity index (χ1) is 9.74. The summed E-state index contributed by atoms with van der Waals surface area (Å²) in [5.41, 5.74) is 3.92. The predicted molar refractivity (Wildman–Crippen MR) is 75.4 cm³/mol. The molecule has 20 heavy (non-hydrogen) atoms. The van der Waals surface area contributed by atoms with Crippen LogP contribution in [0.15, 0.2) is 28.0 Å². The van der Waals surface area contributed by atoms with E-state index in [1.54, 1.807) is 0 Å². The van der Waals surface area contributed by atoms with Crippen molar-refractivity contribution in [3.05, 3.63) is 23.8 Å². The smallest absolute Gasteiger partial charge is 0.145 e. The van der Waals surface area contributed by atoms with E-state index in [0.717, 1.165) is 42.7 Å². The van der Waals surface area contributed by atoms with Crippen molar-refractivity contribution in [2.45, 2.75) is 32.4 Å². The third-order valence-electron chi connectivity index (χ3n) is 3.49. The second-order valence-corrected chi connectivity index (χ2v) is 5.23. The number of likely N-dealkylation sites (N-methyl/N-ethyl adjacent to an activating group) is 1. The molecule has 0 saturated carbocycles. The van der Waals surface area contributed by atoms with Crippen LogP contribution in [0.1, 0.15) is 25.3 Å². The molecule has 0 unspecified atom stereocenters. The number of hydrogen-bond donors (Lipinski definition) is 0. The lowest BCUT2D eigenvalue weighted by Gasteiger charge is -2.19. The normalized spacial score (nSPS) is 18.6. The number of benzene rings is 1. The predicted octanol–water partition coefficient (Wildman–Crippen LogP) is 2.21. The topological polar surface area (TPSA) is 63.8 Å². The van der Waals surface area contributed by atoms with Gasteiger partial charge in [-0.2, -0.15) is 0 Å². The molecule has 1 atom stereocenters. The quantitative estimate of drug-likeness (QED) is 0.836. The van der Waals surface area contributed by atoms with Gasteiger partial charge in [-0.1, -0.05) is 18.1 Å². The summed E-state index contributed by atoms with van der Waals surface area (Å²) in [5, 5.41) is 11.8. The van der Waals surface area contributed by atoms with Crippen molar-refractivity contribution >= 4 is 16.7 Å². The molecule has 3 rings (SSSR count). The molecule has 106 valence electrons. The molecule has 0 saturated heterocycles. The van der Waals surface area contributed by atoms with E-state index in [0.29, 0.717) is 0 Å². The van der Waals surface area contributed by atoms with Gasteiger partial charge in [-0.05, 0) is 41.5 Å². The fourth-order valence-electron chi connectivity index (χ4n) is 2.44. The molecule has 6 heteroatoms. The van der Waals surface area contributed by atoms with Gasteiger partial charge in [-0.3, -0.25) is 4.90 Å². The average molecular weight is 274 g/mol. The van der Waals surface area contributed by atoms with Crippen LogP contribution in [-0.2, 0) is 11.4 Å². The Labute approximate surface area is 117 Å². The van der Waals surface area contributed by atoms with Crippen LogP contribution >= 0.6 is 0 Å². The van der Waals surface area contributed by atoms with Crippen LogP contribution < -0.4 is 0 Å². The number of oxime groups is 1. The Morgan fingerprint density at radius 2 is 2.15 bits per heavy atom. The second kappa shape index (κ2) is 5.58. The lowest BCUT2D eigenvalue weighted by molar-refractivity contribution is 0.0576. The minimum absolute atomic E-state index is 0.174. The Morgan fingerprint density at radius 1 is 1.30 bits per heavy atom. The van der Waals surface area contributed by atoms with E-state index in [1.165, 1.54) is 5.56 Å². The third kappa shape index (κ3) is 2.80. The van der Waals surface area contributed by atoms with Gasteiger partial charge in [0.25, 0.3) is 0 Å². The highest BCUT2D eigenvalue weighted by molar-refractivity contribution is 5.85. The lowest BCUT2D eigenvalue weighted by Crippen LogP contribution is -2.29. The maximum absolute atomic E-state index is 5.43. The van der Waals surface area contributed by atoms with Gasteiger partial charge < -0.3 is 4.84 Å². The molecule has 1 aliphatic heterocycles. The fourth-order valence-corrected chi connectivity index (χ4v) is 2.44. The first-order valence-electron chi connectivity index (χ1n) is 6.86. The van der Waals surface area contributed by atoms with E-state index in [9.17, 15) is 0 Å². The van der Waals surface area contributed by atoms with E-state index >= 15 is 0 Å². The molecule has 6 nitrogen and oxygen atoms in total. The van der Waals surface area contributed by atoms with Crippen molar-refractivity contribution in [1.29, 1.82) is 0 Å². The summed E-state index contributed by atoms with van der Waals surface area (Å²) >= 11 is 0.